The highest BCUT2D eigenvalue weighted by Gasteiger charge is 2.13. The fraction of sp³-hybridized carbons (Fsp3) is 0.231. The molecule has 0 aliphatic carbocycles. The maximum atomic E-state index is 11.7. The van der Waals surface area contributed by atoms with E-state index in [1.54, 1.807) is 18.5 Å². The van der Waals surface area contributed by atoms with E-state index in [1.807, 2.05) is 26.0 Å². The van der Waals surface area contributed by atoms with Crippen molar-refractivity contribution >= 4 is 5.65 Å². The molecule has 0 aliphatic heterocycles. The van der Waals surface area contributed by atoms with Crippen LogP contribution in [-0.4, -0.2) is 24.6 Å². The monoisotopic (exact) mass is 255 g/mol. The first-order valence-electron chi connectivity index (χ1n) is 6.05. The Morgan fingerprint density at radius 2 is 2.21 bits per heavy atom. The molecule has 0 spiro atoms. The quantitative estimate of drug-likeness (QED) is 0.754. The fourth-order valence-corrected chi connectivity index (χ4v) is 2.00. The summed E-state index contributed by atoms with van der Waals surface area (Å²) in [5, 5.41) is 6.46. The lowest BCUT2D eigenvalue weighted by Gasteiger charge is -2.09. The van der Waals surface area contributed by atoms with Crippen molar-refractivity contribution in [3.8, 4) is 11.3 Å². The van der Waals surface area contributed by atoms with Gasteiger partial charge in [-0.1, -0.05) is 13.8 Å². The minimum Gasteiger partial charge on any atom is -0.264 e. The minimum atomic E-state index is -0.260. The second-order valence-corrected chi connectivity index (χ2v) is 4.62. The SMILES string of the molecule is CC(C)c1nc(-c2cccnc2)cc2n[nH]c(=O)n12. The predicted octanol–water partition coefficient (Wildman–Crippen LogP) is 1.60. The number of nitrogens with zero attached hydrogens (tertiary/aromatic N) is 4. The lowest BCUT2D eigenvalue weighted by Crippen LogP contribution is -2.16. The molecule has 0 atom stereocenters. The summed E-state index contributed by atoms with van der Waals surface area (Å²) in [6.07, 6.45) is 3.46. The number of fused-ring (bicyclic) bond motifs is 1. The number of pyridine rings is 1. The Kier molecular flexibility index (Phi) is 2.63. The van der Waals surface area contributed by atoms with Crippen molar-refractivity contribution < 1.29 is 0 Å². The molecule has 0 bridgehead atoms. The molecule has 0 aliphatic rings. The summed E-state index contributed by atoms with van der Waals surface area (Å²) < 4.78 is 1.50. The average molecular weight is 255 g/mol. The number of hydrogen-bond donors (Lipinski definition) is 1. The average Bonchev–Trinajstić information content (AvgIpc) is 2.80. The van der Waals surface area contributed by atoms with Crippen molar-refractivity contribution in [3.05, 3.63) is 46.9 Å². The highest BCUT2D eigenvalue weighted by Crippen LogP contribution is 2.20. The van der Waals surface area contributed by atoms with Gasteiger partial charge in [-0.05, 0) is 12.1 Å². The maximum absolute atomic E-state index is 11.7. The van der Waals surface area contributed by atoms with Gasteiger partial charge in [0.25, 0.3) is 0 Å². The predicted molar refractivity (Wildman–Crippen MR) is 70.9 cm³/mol. The second-order valence-electron chi connectivity index (χ2n) is 4.62. The fourth-order valence-electron chi connectivity index (χ4n) is 2.00. The molecule has 19 heavy (non-hydrogen) atoms. The van der Waals surface area contributed by atoms with Gasteiger partial charge >= 0.3 is 5.69 Å². The number of aromatic amines is 1. The number of nitrogens with one attached hydrogen (secondary N) is 1. The Morgan fingerprint density at radius 3 is 2.89 bits per heavy atom. The third kappa shape index (κ3) is 1.91. The molecule has 3 aromatic rings. The first kappa shape index (κ1) is 11.6. The van der Waals surface area contributed by atoms with Gasteiger partial charge < -0.3 is 0 Å². The van der Waals surface area contributed by atoms with Crippen LogP contribution in [0.25, 0.3) is 16.9 Å². The molecule has 1 N–H and O–H groups in total. The molecule has 0 fully saturated rings. The molecule has 0 radical (unpaired) electrons. The van der Waals surface area contributed by atoms with Crippen molar-refractivity contribution in [2.24, 2.45) is 0 Å². The molecule has 6 nitrogen and oxygen atoms in total. The first-order chi connectivity index (χ1) is 9.16. The molecular weight excluding hydrogens is 242 g/mol. The molecule has 0 saturated heterocycles. The third-order valence-electron chi connectivity index (χ3n) is 2.90. The zero-order valence-corrected chi connectivity index (χ0v) is 10.7. The Morgan fingerprint density at radius 1 is 1.37 bits per heavy atom. The van der Waals surface area contributed by atoms with E-state index in [1.165, 1.54) is 4.40 Å². The van der Waals surface area contributed by atoms with Crippen molar-refractivity contribution in [2.75, 3.05) is 0 Å². The number of hydrogen-bond acceptors (Lipinski definition) is 4. The van der Waals surface area contributed by atoms with E-state index in [9.17, 15) is 4.79 Å². The van der Waals surface area contributed by atoms with Crippen LogP contribution in [0.5, 0.6) is 0 Å². The van der Waals surface area contributed by atoms with Crippen molar-refractivity contribution in [1.82, 2.24) is 24.6 Å². The van der Waals surface area contributed by atoms with Gasteiger partial charge in [-0.15, -0.1) is 0 Å². The molecule has 0 amide bonds. The lowest BCUT2D eigenvalue weighted by molar-refractivity contribution is 0.743. The highest BCUT2D eigenvalue weighted by molar-refractivity contribution is 5.62. The topological polar surface area (TPSA) is 75.9 Å². The Bertz CT molecular complexity index is 773. The van der Waals surface area contributed by atoms with Gasteiger partial charge in [0.15, 0.2) is 5.65 Å². The van der Waals surface area contributed by atoms with Crippen LogP contribution in [0, 0.1) is 0 Å². The van der Waals surface area contributed by atoms with Crippen molar-refractivity contribution in [3.63, 3.8) is 0 Å². The van der Waals surface area contributed by atoms with Crippen molar-refractivity contribution in [1.29, 1.82) is 0 Å². The summed E-state index contributed by atoms with van der Waals surface area (Å²) in [4.78, 5) is 20.4. The van der Waals surface area contributed by atoms with E-state index in [0.717, 1.165) is 11.3 Å². The van der Waals surface area contributed by atoms with Crippen LogP contribution in [0.4, 0.5) is 0 Å². The van der Waals surface area contributed by atoms with Gasteiger partial charge in [0.1, 0.15) is 5.82 Å². The zero-order chi connectivity index (χ0) is 13.4. The molecular formula is C13H13N5O. The van der Waals surface area contributed by atoms with Gasteiger partial charge in [0.2, 0.25) is 0 Å². The number of aromatic nitrogens is 5. The number of H-pyrrole nitrogens is 1. The van der Waals surface area contributed by atoms with Crippen LogP contribution in [0.2, 0.25) is 0 Å². The summed E-state index contributed by atoms with van der Waals surface area (Å²) in [7, 11) is 0. The zero-order valence-electron chi connectivity index (χ0n) is 10.7. The molecule has 96 valence electrons. The van der Waals surface area contributed by atoms with Crippen LogP contribution in [0.3, 0.4) is 0 Å². The van der Waals surface area contributed by atoms with Gasteiger partial charge in [0, 0.05) is 29.9 Å². The Balaban J connectivity index is 2.32. The van der Waals surface area contributed by atoms with E-state index in [0.29, 0.717) is 11.5 Å². The molecule has 0 aromatic carbocycles. The van der Waals surface area contributed by atoms with E-state index in [2.05, 4.69) is 20.2 Å². The minimum absolute atomic E-state index is 0.120. The lowest BCUT2D eigenvalue weighted by atomic mass is 10.1. The van der Waals surface area contributed by atoms with E-state index >= 15 is 0 Å². The van der Waals surface area contributed by atoms with Crippen LogP contribution in [0.1, 0.15) is 25.6 Å². The summed E-state index contributed by atoms with van der Waals surface area (Å²) in [6.45, 7) is 3.99. The largest absolute Gasteiger partial charge is 0.349 e. The summed E-state index contributed by atoms with van der Waals surface area (Å²) in [5.74, 6) is 0.810. The first-order valence-corrected chi connectivity index (χ1v) is 6.05. The van der Waals surface area contributed by atoms with E-state index in [4.69, 9.17) is 0 Å². The Hall–Kier alpha value is -2.50. The van der Waals surface area contributed by atoms with E-state index < -0.39 is 0 Å². The van der Waals surface area contributed by atoms with Crippen LogP contribution in [-0.2, 0) is 0 Å². The highest BCUT2D eigenvalue weighted by atomic mass is 16.1. The third-order valence-corrected chi connectivity index (χ3v) is 2.90. The molecule has 6 heteroatoms. The van der Waals surface area contributed by atoms with Gasteiger partial charge in [-0.25, -0.2) is 19.3 Å². The molecule has 0 saturated carbocycles. The normalized spacial score (nSPS) is 11.3. The van der Waals surface area contributed by atoms with Crippen LogP contribution in [0.15, 0.2) is 35.4 Å². The second kappa shape index (κ2) is 4.31. The molecule has 3 heterocycles. The Labute approximate surface area is 109 Å². The van der Waals surface area contributed by atoms with E-state index in [-0.39, 0.29) is 11.6 Å². The van der Waals surface area contributed by atoms with Gasteiger partial charge in [-0.3, -0.25) is 4.98 Å². The molecule has 3 rings (SSSR count). The van der Waals surface area contributed by atoms with Gasteiger partial charge in [0.05, 0.1) is 5.69 Å². The summed E-state index contributed by atoms with van der Waals surface area (Å²) in [6, 6.07) is 5.56. The van der Waals surface area contributed by atoms with Gasteiger partial charge in [-0.2, -0.15) is 5.10 Å². The molecule has 0 unspecified atom stereocenters. The number of rotatable bonds is 2. The van der Waals surface area contributed by atoms with Crippen LogP contribution < -0.4 is 5.69 Å². The maximum Gasteiger partial charge on any atom is 0.349 e. The summed E-state index contributed by atoms with van der Waals surface area (Å²) in [5.41, 5.74) is 1.98. The molecule has 3 aromatic heterocycles. The van der Waals surface area contributed by atoms with Crippen LogP contribution >= 0.6 is 0 Å². The standard InChI is InChI=1S/C13H13N5O/c1-8(2)12-15-10(9-4-3-5-14-7-9)6-11-16-17-13(19)18(11)12/h3-8H,1-2H3,(H,17,19). The smallest absolute Gasteiger partial charge is 0.264 e. The summed E-state index contributed by atoms with van der Waals surface area (Å²) >= 11 is 0. The van der Waals surface area contributed by atoms with Crippen molar-refractivity contribution in [2.45, 2.75) is 19.8 Å².